The summed E-state index contributed by atoms with van der Waals surface area (Å²) in [7, 11) is 0. The van der Waals surface area contributed by atoms with Gasteiger partial charge in [-0.2, -0.15) is 0 Å². The van der Waals surface area contributed by atoms with Crippen molar-refractivity contribution in [1.29, 1.82) is 0 Å². The molecule has 1 amide bonds. The van der Waals surface area contributed by atoms with Crippen LogP contribution in [0.3, 0.4) is 0 Å². The van der Waals surface area contributed by atoms with E-state index in [-0.39, 0.29) is 24.6 Å². The number of hydrogen-bond donors (Lipinski definition) is 0. The third kappa shape index (κ3) is 6.81. The van der Waals surface area contributed by atoms with Gasteiger partial charge in [-0.1, -0.05) is 26.0 Å². The number of amides is 1. The zero-order chi connectivity index (χ0) is 23.8. The Hall–Kier alpha value is -2.87. The number of hydrogen-bond acceptors (Lipinski definition) is 6. The summed E-state index contributed by atoms with van der Waals surface area (Å²) in [6.45, 7) is 8.14. The molecule has 33 heavy (non-hydrogen) atoms. The third-order valence-corrected chi connectivity index (χ3v) is 6.60. The predicted octanol–water partition coefficient (Wildman–Crippen LogP) is 2.13. The van der Waals surface area contributed by atoms with Crippen molar-refractivity contribution in [2.45, 2.75) is 46.6 Å². The molecule has 1 aliphatic heterocycles. The van der Waals surface area contributed by atoms with E-state index in [0.29, 0.717) is 34.8 Å². The predicted molar refractivity (Wildman–Crippen MR) is 130 cm³/mol. The van der Waals surface area contributed by atoms with Crippen LogP contribution in [0.1, 0.15) is 45.6 Å². The topological polar surface area (TPSA) is 77.8 Å². The van der Waals surface area contributed by atoms with Crippen LogP contribution in [0.25, 0.3) is 12.2 Å². The summed E-state index contributed by atoms with van der Waals surface area (Å²) in [5, 5.41) is 0. The molecule has 1 aromatic heterocycles. The molecule has 0 aliphatic carbocycles. The zero-order valence-corrected chi connectivity index (χ0v) is 20.4. The molecule has 178 valence electrons. The Labute approximate surface area is 197 Å². The van der Waals surface area contributed by atoms with Gasteiger partial charge in [0.05, 0.1) is 23.8 Å². The molecule has 1 fully saturated rings. The van der Waals surface area contributed by atoms with Crippen molar-refractivity contribution in [1.82, 2.24) is 9.47 Å². The summed E-state index contributed by atoms with van der Waals surface area (Å²) in [6.07, 6.45) is 5.91. The summed E-state index contributed by atoms with van der Waals surface area (Å²) < 4.78 is 12.9. The van der Waals surface area contributed by atoms with Crippen molar-refractivity contribution in [3.05, 3.63) is 49.4 Å². The fourth-order valence-corrected chi connectivity index (χ4v) is 4.63. The number of nitrogens with zero attached hydrogens (tertiary/aromatic N) is 2. The second-order valence-corrected chi connectivity index (χ2v) is 9.28. The average Bonchev–Trinajstić information content (AvgIpc) is 3.07. The van der Waals surface area contributed by atoms with Gasteiger partial charge in [0.2, 0.25) is 5.91 Å². The molecule has 0 spiro atoms. The number of ether oxygens (including phenoxy) is 2. The molecule has 1 aromatic carbocycles. The number of benzene rings is 1. The highest BCUT2D eigenvalue weighted by molar-refractivity contribution is 7.07. The first-order chi connectivity index (χ1) is 15.9. The first-order valence-corrected chi connectivity index (χ1v) is 12.3. The van der Waals surface area contributed by atoms with Crippen molar-refractivity contribution >= 4 is 35.4 Å². The van der Waals surface area contributed by atoms with Gasteiger partial charge in [-0.15, -0.1) is 11.3 Å². The number of rotatable bonds is 8. The normalized spacial score (nSPS) is 15.7. The third-order valence-electron chi connectivity index (χ3n) is 5.54. The minimum absolute atomic E-state index is 0.0907. The van der Waals surface area contributed by atoms with Crippen molar-refractivity contribution in [3.8, 4) is 5.75 Å². The van der Waals surface area contributed by atoms with Crippen LogP contribution in [-0.2, 0) is 20.9 Å². The first-order valence-electron chi connectivity index (χ1n) is 11.5. The molecule has 7 nitrogen and oxygen atoms in total. The maximum absolute atomic E-state index is 13.2. The molecule has 0 saturated carbocycles. The van der Waals surface area contributed by atoms with E-state index in [1.54, 1.807) is 17.9 Å². The summed E-state index contributed by atoms with van der Waals surface area (Å²) in [6, 6.07) is 7.48. The van der Waals surface area contributed by atoms with Gasteiger partial charge in [-0.3, -0.25) is 14.2 Å². The van der Waals surface area contributed by atoms with Gasteiger partial charge in [0.1, 0.15) is 17.0 Å². The van der Waals surface area contributed by atoms with Crippen LogP contribution >= 0.6 is 11.3 Å². The SMILES string of the molecule is CCCOc1ccc(/C=c2/s/c(=C\C(=O)OCC)n(CC(=O)N3CCC(C)CC3)c2=O)cc1. The van der Waals surface area contributed by atoms with E-state index in [1.165, 1.54) is 22.0 Å². The molecule has 0 N–H and O–H groups in total. The van der Waals surface area contributed by atoms with Crippen LogP contribution in [-0.4, -0.2) is 47.6 Å². The van der Waals surface area contributed by atoms with Crippen LogP contribution < -0.4 is 19.5 Å². The van der Waals surface area contributed by atoms with Gasteiger partial charge < -0.3 is 14.4 Å². The Morgan fingerprint density at radius 1 is 1.15 bits per heavy atom. The maximum Gasteiger partial charge on any atom is 0.333 e. The molecular weight excluding hydrogens is 440 g/mol. The minimum atomic E-state index is -0.532. The molecule has 3 rings (SSSR count). The molecule has 0 atom stereocenters. The van der Waals surface area contributed by atoms with E-state index >= 15 is 0 Å². The van der Waals surface area contributed by atoms with Gasteiger partial charge >= 0.3 is 5.97 Å². The van der Waals surface area contributed by atoms with Crippen molar-refractivity contribution in [2.75, 3.05) is 26.3 Å². The second kappa shape index (κ2) is 11.8. The van der Waals surface area contributed by atoms with E-state index in [2.05, 4.69) is 6.92 Å². The van der Waals surface area contributed by atoms with E-state index in [4.69, 9.17) is 9.47 Å². The highest BCUT2D eigenvalue weighted by Gasteiger charge is 2.21. The highest BCUT2D eigenvalue weighted by Crippen LogP contribution is 2.16. The quantitative estimate of drug-likeness (QED) is 0.550. The Morgan fingerprint density at radius 2 is 1.85 bits per heavy atom. The summed E-state index contributed by atoms with van der Waals surface area (Å²) >= 11 is 1.18. The molecule has 2 heterocycles. The van der Waals surface area contributed by atoms with Crippen molar-refractivity contribution < 1.29 is 19.1 Å². The lowest BCUT2D eigenvalue weighted by Crippen LogP contribution is -2.43. The summed E-state index contributed by atoms with van der Waals surface area (Å²) in [5.74, 6) is 0.737. The molecule has 8 heteroatoms. The van der Waals surface area contributed by atoms with E-state index in [9.17, 15) is 14.4 Å². The standard InChI is InChI=1S/C25H32N2O5S/c1-4-14-32-20-8-6-19(7-9-20)15-21-25(30)27(23(33-21)16-24(29)31-5-2)17-22(28)26-12-10-18(3)11-13-26/h6-9,15-16,18H,4-5,10-14,17H2,1-3H3/b21-15+,23-16-. The number of thiazole rings is 1. The molecule has 1 aliphatic rings. The molecule has 0 bridgehead atoms. The van der Waals surface area contributed by atoms with Gasteiger partial charge in [0, 0.05) is 13.1 Å². The maximum atomic E-state index is 13.2. The number of likely N-dealkylation sites (tertiary alicyclic amines) is 1. The van der Waals surface area contributed by atoms with Crippen LogP contribution in [0, 0.1) is 5.92 Å². The number of piperidine rings is 1. The van der Waals surface area contributed by atoms with E-state index in [1.807, 2.05) is 31.2 Å². The lowest BCUT2D eigenvalue weighted by molar-refractivity contribution is -0.136. The number of carbonyl (C=O) groups is 2. The van der Waals surface area contributed by atoms with Gasteiger partial charge in [0.15, 0.2) is 0 Å². The van der Waals surface area contributed by atoms with E-state index in [0.717, 1.165) is 30.6 Å². The minimum Gasteiger partial charge on any atom is -0.494 e. The van der Waals surface area contributed by atoms with Gasteiger partial charge in [-0.25, -0.2) is 4.79 Å². The first kappa shape index (κ1) is 24.8. The zero-order valence-electron chi connectivity index (χ0n) is 19.5. The van der Waals surface area contributed by atoms with Crippen LogP contribution in [0.4, 0.5) is 0 Å². The Kier molecular flexibility index (Phi) is 8.88. The lowest BCUT2D eigenvalue weighted by atomic mass is 9.99. The molecule has 2 aromatic rings. The molecule has 0 radical (unpaired) electrons. The second-order valence-electron chi connectivity index (χ2n) is 8.22. The number of carbonyl (C=O) groups excluding carboxylic acids is 2. The number of esters is 1. The van der Waals surface area contributed by atoms with Crippen LogP contribution in [0.15, 0.2) is 29.1 Å². The molecular formula is C25H32N2O5S. The fraction of sp³-hybridized carbons (Fsp3) is 0.480. The van der Waals surface area contributed by atoms with Crippen molar-refractivity contribution in [3.63, 3.8) is 0 Å². The number of aromatic nitrogens is 1. The fourth-order valence-electron chi connectivity index (χ4n) is 3.60. The highest BCUT2D eigenvalue weighted by atomic mass is 32.1. The summed E-state index contributed by atoms with van der Waals surface area (Å²) in [5.41, 5.74) is 0.545. The van der Waals surface area contributed by atoms with Crippen molar-refractivity contribution in [2.24, 2.45) is 5.92 Å². The Morgan fingerprint density at radius 3 is 2.48 bits per heavy atom. The smallest absolute Gasteiger partial charge is 0.333 e. The monoisotopic (exact) mass is 472 g/mol. The van der Waals surface area contributed by atoms with Gasteiger partial charge in [-0.05, 0) is 55.9 Å². The molecule has 1 saturated heterocycles. The Balaban J connectivity index is 1.93. The summed E-state index contributed by atoms with van der Waals surface area (Å²) in [4.78, 5) is 40.0. The van der Waals surface area contributed by atoms with Crippen LogP contribution in [0.2, 0.25) is 0 Å². The molecule has 0 unspecified atom stereocenters. The van der Waals surface area contributed by atoms with Gasteiger partial charge in [0.25, 0.3) is 5.56 Å². The lowest BCUT2D eigenvalue weighted by Gasteiger charge is -2.30. The Bertz CT molecular complexity index is 1130. The largest absolute Gasteiger partial charge is 0.494 e. The average molecular weight is 473 g/mol. The van der Waals surface area contributed by atoms with E-state index < -0.39 is 5.97 Å². The van der Waals surface area contributed by atoms with Crippen LogP contribution in [0.5, 0.6) is 5.75 Å².